The molecule has 1 N–H and O–H groups in total. The van der Waals surface area contributed by atoms with Crippen LogP contribution in [0.2, 0.25) is 0 Å². The molecule has 0 aliphatic rings. The van der Waals surface area contributed by atoms with Gasteiger partial charge in [-0.2, -0.15) is 0 Å². The van der Waals surface area contributed by atoms with Crippen LogP contribution in [0.1, 0.15) is 22.3 Å². The average molecular weight is 350 g/mol. The van der Waals surface area contributed by atoms with Crippen LogP contribution in [0.15, 0.2) is 24.3 Å². The van der Waals surface area contributed by atoms with Crippen LogP contribution in [0, 0.1) is 0 Å². The fraction of sp³-hybridized carbons (Fsp3) is 0.312. The van der Waals surface area contributed by atoms with Gasteiger partial charge in [0.15, 0.2) is 11.7 Å². The normalized spacial score (nSPS) is 10.1. The Kier molecular flexibility index (Phi) is 6.14. The van der Waals surface area contributed by atoms with Crippen LogP contribution in [0.4, 0.5) is 5.13 Å². The van der Waals surface area contributed by atoms with E-state index < -0.39 is 5.97 Å². The minimum Gasteiger partial charge on any atom is -0.497 e. The first-order valence-electron chi connectivity index (χ1n) is 7.22. The minimum atomic E-state index is -0.461. The molecule has 24 heavy (non-hydrogen) atoms. The Balaban J connectivity index is 1.97. The van der Waals surface area contributed by atoms with Crippen LogP contribution in [0.3, 0.4) is 0 Å². The zero-order chi connectivity index (χ0) is 17.5. The summed E-state index contributed by atoms with van der Waals surface area (Å²) in [6.45, 7) is 1.70. The van der Waals surface area contributed by atoms with Crippen LogP contribution in [-0.2, 0) is 16.0 Å². The summed E-state index contributed by atoms with van der Waals surface area (Å²) in [5, 5.41) is 2.96. The molecule has 0 unspecified atom stereocenters. The van der Waals surface area contributed by atoms with Gasteiger partial charge in [-0.3, -0.25) is 10.1 Å². The molecule has 0 spiro atoms. The lowest BCUT2D eigenvalue weighted by Gasteiger charge is -2.07. The Morgan fingerprint density at radius 3 is 2.67 bits per heavy atom. The minimum absolute atomic E-state index is 0.179. The fourth-order valence-corrected chi connectivity index (χ4v) is 2.88. The van der Waals surface area contributed by atoms with Crippen LogP contribution in [0.5, 0.6) is 11.5 Å². The number of thiazole rings is 1. The number of ether oxygens (including phenoxy) is 3. The van der Waals surface area contributed by atoms with E-state index in [9.17, 15) is 9.59 Å². The second-order valence-corrected chi connectivity index (χ2v) is 5.65. The van der Waals surface area contributed by atoms with Crippen LogP contribution < -0.4 is 14.8 Å². The van der Waals surface area contributed by atoms with Crippen LogP contribution >= 0.6 is 11.3 Å². The Morgan fingerprint density at radius 2 is 2.00 bits per heavy atom. The highest BCUT2D eigenvalue weighted by Crippen LogP contribution is 2.24. The van der Waals surface area contributed by atoms with Crippen molar-refractivity contribution in [3.63, 3.8) is 0 Å². The molecule has 1 heterocycles. The summed E-state index contributed by atoms with van der Waals surface area (Å²) >= 11 is 1.08. The average Bonchev–Trinajstić information content (AvgIpc) is 3.02. The van der Waals surface area contributed by atoms with Crippen molar-refractivity contribution in [2.24, 2.45) is 0 Å². The van der Waals surface area contributed by atoms with E-state index in [1.807, 2.05) is 6.92 Å². The molecule has 2 aromatic rings. The van der Waals surface area contributed by atoms with Crippen molar-refractivity contribution in [1.82, 2.24) is 4.98 Å². The quantitative estimate of drug-likeness (QED) is 0.772. The summed E-state index contributed by atoms with van der Waals surface area (Å²) in [5.41, 5.74) is 0.593. The molecule has 128 valence electrons. The monoisotopic (exact) mass is 350 g/mol. The maximum Gasteiger partial charge on any atom is 0.350 e. The summed E-state index contributed by atoms with van der Waals surface area (Å²) < 4.78 is 15.2. The van der Waals surface area contributed by atoms with Crippen molar-refractivity contribution in [2.75, 3.05) is 26.1 Å². The lowest BCUT2D eigenvalue weighted by atomic mass is 10.3. The molecule has 0 radical (unpaired) electrons. The van der Waals surface area contributed by atoms with Gasteiger partial charge in [0.25, 0.3) is 5.91 Å². The van der Waals surface area contributed by atoms with Crippen molar-refractivity contribution < 1.29 is 23.8 Å². The molecule has 0 aliphatic heterocycles. The number of anilines is 1. The molecule has 0 saturated carbocycles. The number of rotatable bonds is 7. The zero-order valence-corrected chi connectivity index (χ0v) is 14.4. The number of carbonyl (C=O) groups excluding carboxylic acids is 2. The van der Waals surface area contributed by atoms with Gasteiger partial charge in [-0.05, 0) is 18.6 Å². The molecule has 0 fully saturated rings. The lowest BCUT2D eigenvalue weighted by Crippen LogP contribution is -2.20. The number of hydrogen-bond acceptors (Lipinski definition) is 7. The third-order valence-electron chi connectivity index (χ3n) is 3.06. The smallest absolute Gasteiger partial charge is 0.350 e. The second kappa shape index (κ2) is 8.30. The highest BCUT2D eigenvalue weighted by Gasteiger charge is 2.18. The van der Waals surface area contributed by atoms with Gasteiger partial charge in [-0.15, -0.1) is 0 Å². The molecule has 0 bridgehead atoms. The molecule has 0 saturated heterocycles. The van der Waals surface area contributed by atoms with E-state index in [-0.39, 0.29) is 12.5 Å². The maximum atomic E-state index is 12.0. The van der Waals surface area contributed by atoms with E-state index in [0.717, 1.165) is 11.3 Å². The van der Waals surface area contributed by atoms with E-state index in [2.05, 4.69) is 10.3 Å². The number of hydrogen-bond donors (Lipinski definition) is 1. The van der Waals surface area contributed by atoms with E-state index in [1.54, 1.807) is 31.4 Å². The van der Waals surface area contributed by atoms with Crippen molar-refractivity contribution >= 4 is 28.3 Å². The molecular formula is C16H18N2O5S. The molecule has 0 atom stereocenters. The third-order valence-corrected chi connectivity index (χ3v) is 4.05. The number of carbonyl (C=O) groups is 2. The molecule has 0 aliphatic carbocycles. The highest BCUT2D eigenvalue weighted by atomic mass is 32.1. The summed E-state index contributed by atoms with van der Waals surface area (Å²) in [4.78, 5) is 28.3. The highest BCUT2D eigenvalue weighted by molar-refractivity contribution is 7.17. The maximum absolute atomic E-state index is 12.0. The summed E-state index contributed by atoms with van der Waals surface area (Å²) in [6.07, 6.45) is 0.567. The number of aryl methyl sites for hydroxylation is 1. The van der Waals surface area contributed by atoms with Crippen LogP contribution in [0.25, 0.3) is 0 Å². The summed E-state index contributed by atoms with van der Waals surface area (Å²) in [5.74, 6) is 0.333. The van der Waals surface area contributed by atoms with Gasteiger partial charge in [-0.25, -0.2) is 9.78 Å². The predicted octanol–water partition coefficient (Wildman–Crippen LogP) is 2.52. The van der Waals surface area contributed by atoms with E-state index >= 15 is 0 Å². The van der Waals surface area contributed by atoms with Gasteiger partial charge < -0.3 is 14.2 Å². The Hall–Kier alpha value is -2.61. The number of amides is 1. The number of benzene rings is 1. The van der Waals surface area contributed by atoms with Crippen molar-refractivity contribution in [2.45, 2.75) is 13.3 Å². The van der Waals surface area contributed by atoms with Gasteiger partial charge in [0.2, 0.25) is 0 Å². The van der Waals surface area contributed by atoms with E-state index in [0.29, 0.717) is 33.6 Å². The first-order chi connectivity index (χ1) is 11.6. The SMILES string of the molecule is CCc1nc(NC(=O)COc2cccc(OC)c2)sc1C(=O)OC. The first-order valence-corrected chi connectivity index (χ1v) is 8.03. The van der Waals surface area contributed by atoms with Gasteiger partial charge in [0.1, 0.15) is 16.4 Å². The lowest BCUT2D eigenvalue weighted by molar-refractivity contribution is -0.118. The Labute approximate surface area is 143 Å². The topological polar surface area (TPSA) is 86.8 Å². The van der Waals surface area contributed by atoms with Gasteiger partial charge >= 0.3 is 5.97 Å². The molecule has 8 heteroatoms. The standard InChI is InChI=1S/C16H18N2O5S/c1-4-12-14(15(20)22-3)24-16(17-12)18-13(19)9-23-11-7-5-6-10(8-11)21-2/h5-8H,4,9H2,1-3H3,(H,17,18,19). The number of aromatic nitrogens is 1. The zero-order valence-electron chi connectivity index (χ0n) is 13.6. The fourth-order valence-electron chi connectivity index (χ4n) is 1.89. The number of esters is 1. The largest absolute Gasteiger partial charge is 0.497 e. The molecule has 7 nitrogen and oxygen atoms in total. The molecule has 1 amide bonds. The summed E-state index contributed by atoms with van der Waals surface area (Å²) in [7, 11) is 2.86. The first kappa shape index (κ1) is 17.7. The number of methoxy groups -OCH3 is 2. The van der Waals surface area contributed by atoms with Gasteiger partial charge in [0, 0.05) is 6.07 Å². The molecular weight excluding hydrogens is 332 g/mol. The Bertz CT molecular complexity index is 729. The molecule has 1 aromatic heterocycles. The predicted molar refractivity (Wildman–Crippen MR) is 90.0 cm³/mol. The van der Waals surface area contributed by atoms with Crippen molar-refractivity contribution in [1.29, 1.82) is 0 Å². The van der Waals surface area contributed by atoms with Crippen molar-refractivity contribution in [3.05, 3.63) is 34.8 Å². The van der Waals surface area contributed by atoms with E-state index in [4.69, 9.17) is 14.2 Å². The van der Waals surface area contributed by atoms with Gasteiger partial charge in [-0.1, -0.05) is 24.3 Å². The van der Waals surface area contributed by atoms with Gasteiger partial charge in [0.05, 0.1) is 19.9 Å². The molecule has 2 rings (SSSR count). The van der Waals surface area contributed by atoms with Crippen molar-refractivity contribution in [3.8, 4) is 11.5 Å². The van der Waals surface area contributed by atoms with Crippen LogP contribution in [-0.4, -0.2) is 37.7 Å². The third kappa shape index (κ3) is 4.45. The number of nitrogens with one attached hydrogen (secondary N) is 1. The molecule has 1 aromatic carbocycles. The second-order valence-electron chi connectivity index (χ2n) is 4.66. The summed E-state index contributed by atoms with van der Waals surface area (Å²) in [6, 6.07) is 6.96. The van der Waals surface area contributed by atoms with E-state index in [1.165, 1.54) is 7.11 Å². The Morgan fingerprint density at radius 1 is 1.25 bits per heavy atom. The number of nitrogens with zero attached hydrogens (tertiary/aromatic N) is 1.